The Hall–Kier alpha value is -1.68. The Kier molecular flexibility index (Phi) is 1.46. The molecule has 3 heterocycles. The summed E-state index contributed by atoms with van der Waals surface area (Å²) in [5, 5.41) is 1.58. The van der Waals surface area contributed by atoms with Crippen molar-refractivity contribution in [1.29, 1.82) is 0 Å². The highest BCUT2D eigenvalue weighted by Gasteiger charge is 2.34. The van der Waals surface area contributed by atoms with Crippen molar-refractivity contribution in [2.45, 2.75) is 6.42 Å². The fourth-order valence-corrected chi connectivity index (χ4v) is 1.85. The van der Waals surface area contributed by atoms with Crippen molar-refractivity contribution < 1.29 is 4.79 Å². The maximum atomic E-state index is 11.8. The van der Waals surface area contributed by atoms with Crippen LogP contribution in [0, 0.1) is 0 Å². The molecule has 1 aromatic rings. The lowest BCUT2D eigenvalue weighted by molar-refractivity contribution is 0.0788. The molecule has 0 aliphatic carbocycles. The van der Waals surface area contributed by atoms with Crippen molar-refractivity contribution in [3.8, 4) is 0 Å². The molecule has 0 atom stereocenters. The van der Waals surface area contributed by atoms with E-state index in [-0.39, 0.29) is 5.91 Å². The van der Waals surface area contributed by atoms with E-state index in [4.69, 9.17) is 0 Å². The van der Waals surface area contributed by atoms with Crippen LogP contribution >= 0.6 is 0 Å². The minimum absolute atomic E-state index is 0.000880. The fraction of sp³-hybridized carbons (Fsp3) is 0.200. The summed E-state index contributed by atoms with van der Waals surface area (Å²) in [6, 6.07) is 3.60. The van der Waals surface area contributed by atoms with E-state index in [0.29, 0.717) is 5.56 Å². The van der Waals surface area contributed by atoms with Gasteiger partial charge in [-0.2, -0.15) is 0 Å². The lowest BCUT2D eigenvalue weighted by Gasteiger charge is -2.22. The molecule has 2 aliphatic rings. The maximum absolute atomic E-state index is 11.8. The summed E-state index contributed by atoms with van der Waals surface area (Å²) >= 11 is 0. The highest BCUT2D eigenvalue weighted by molar-refractivity contribution is 6.08. The molecule has 0 fully saturated rings. The first kappa shape index (κ1) is 7.70. The number of carbonyl (C=O) groups excluding carboxylic acids is 1. The zero-order valence-corrected chi connectivity index (χ0v) is 7.53. The molecule has 0 unspecified atom stereocenters. The second kappa shape index (κ2) is 2.65. The third-order valence-corrected chi connectivity index (χ3v) is 2.48. The average Bonchev–Trinajstić information content (AvgIpc) is 2.55. The van der Waals surface area contributed by atoms with Crippen LogP contribution in [-0.4, -0.2) is 22.4 Å². The summed E-state index contributed by atoms with van der Waals surface area (Å²) in [4.78, 5) is 16.0. The molecule has 0 aromatic carbocycles. The summed E-state index contributed by atoms with van der Waals surface area (Å²) in [5.41, 5.74) is 5.44. The Labute approximate surface area is 81.2 Å². The first-order valence-corrected chi connectivity index (χ1v) is 4.61. The molecule has 0 radical (unpaired) electrons. The zero-order valence-electron chi connectivity index (χ0n) is 7.53. The molecular weight excluding hydrogens is 178 g/mol. The van der Waals surface area contributed by atoms with Gasteiger partial charge in [0.15, 0.2) is 0 Å². The number of nitrogens with zero attached hydrogens (tertiary/aromatic N) is 2. The predicted octanol–water partition coefficient (Wildman–Crippen LogP) is 0.787. The van der Waals surface area contributed by atoms with Crippen molar-refractivity contribution in [3.63, 3.8) is 0 Å². The van der Waals surface area contributed by atoms with Gasteiger partial charge in [0.2, 0.25) is 0 Å². The summed E-state index contributed by atoms with van der Waals surface area (Å²) in [5.74, 6) is -0.000880. The van der Waals surface area contributed by atoms with Crippen LogP contribution in [0.5, 0.6) is 0 Å². The molecule has 1 N–H and O–H groups in total. The molecule has 0 saturated carbocycles. The Bertz CT molecular complexity index is 439. The van der Waals surface area contributed by atoms with Crippen LogP contribution in [-0.2, 0) is 0 Å². The third-order valence-electron chi connectivity index (χ3n) is 2.48. The van der Waals surface area contributed by atoms with E-state index in [0.717, 1.165) is 24.4 Å². The van der Waals surface area contributed by atoms with E-state index in [1.165, 1.54) is 0 Å². The summed E-state index contributed by atoms with van der Waals surface area (Å²) in [6.07, 6.45) is 4.70. The Morgan fingerprint density at radius 2 is 2.43 bits per heavy atom. The van der Waals surface area contributed by atoms with Crippen molar-refractivity contribution in [2.75, 3.05) is 6.54 Å². The zero-order chi connectivity index (χ0) is 9.54. The Morgan fingerprint density at radius 1 is 1.50 bits per heavy atom. The molecule has 1 aromatic heterocycles. The van der Waals surface area contributed by atoms with E-state index in [1.54, 1.807) is 17.3 Å². The van der Waals surface area contributed by atoms with Gasteiger partial charge in [-0.3, -0.25) is 9.78 Å². The van der Waals surface area contributed by atoms with Crippen molar-refractivity contribution in [3.05, 3.63) is 35.7 Å². The largest absolute Gasteiger partial charge is 0.274 e. The summed E-state index contributed by atoms with van der Waals surface area (Å²) in [7, 11) is 0. The number of hydrogen-bond donors (Lipinski definition) is 1. The van der Waals surface area contributed by atoms with Crippen LogP contribution < -0.4 is 5.43 Å². The smallest absolute Gasteiger partial charge is 0.267 e. The number of hydrogen-bond acceptors (Lipinski definition) is 3. The number of amides is 1. The van der Waals surface area contributed by atoms with Crippen LogP contribution in [0.15, 0.2) is 24.4 Å². The van der Waals surface area contributed by atoms with Crippen LogP contribution in [0.25, 0.3) is 5.70 Å². The lowest BCUT2D eigenvalue weighted by Crippen LogP contribution is -2.40. The number of nitrogens with one attached hydrogen (secondary N) is 1. The lowest BCUT2D eigenvalue weighted by atomic mass is 10.2. The molecule has 1 amide bonds. The van der Waals surface area contributed by atoms with Gasteiger partial charge >= 0.3 is 0 Å². The van der Waals surface area contributed by atoms with Crippen LogP contribution in [0.4, 0.5) is 0 Å². The van der Waals surface area contributed by atoms with Crippen molar-refractivity contribution >= 4 is 11.6 Å². The second-order valence-corrected chi connectivity index (χ2v) is 3.33. The first-order chi connectivity index (χ1) is 6.88. The minimum atomic E-state index is -0.000880. The number of fused-ring (bicyclic) bond motifs is 3. The van der Waals surface area contributed by atoms with Gasteiger partial charge in [0.05, 0.1) is 11.3 Å². The van der Waals surface area contributed by atoms with Gasteiger partial charge in [-0.15, -0.1) is 0 Å². The van der Waals surface area contributed by atoms with Gasteiger partial charge in [0, 0.05) is 12.7 Å². The SMILES string of the molecule is O=C1c2cccnc2C2=CCCNN12. The molecule has 0 saturated heterocycles. The van der Waals surface area contributed by atoms with Gasteiger partial charge < -0.3 is 0 Å². The quantitative estimate of drug-likeness (QED) is 0.653. The normalized spacial score (nSPS) is 19.0. The molecule has 2 aliphatic heterocycles. The van der Waals surface area contributed by atoms with Crippen molar-refractivity contribution in [1.82, 2.24) is 15.4 Å². The standard InChI is InChI=1S/C10H9N3O/c14-10-7-3-1-5-11-9(7)8-4-2-6-12-13(8)10/h1,3-5,12H,2,6H2. The minimum Gasteiger partial charge on any atom is -0.267 e. The fourth-order valence-electron chi connectivity index (χ4n) is 1.85. The monoisotopic (exact) mass is 187 g/mol. The van der Waals surface area contributed by atoms with Gasteiger partial charge in [0.1, 0.15) is 5.69 Å². The van der Waals surface area contributed by atoms with E-state index >= 15 is 0 Å². The van der Waals surface area contributed by atoms with Crippen molar-refractivity contribution in [2.24, 2.45) is 0 Å². The van der Waals surface area contributed by atoms with Gasteiger partial charge in [-0.05, 0) is 18.6 Å². The van der Waals surface area contributed by atoms with Crippen LogP contribution in [0.2, 0.25) is 0 Å². The molecule has 3 rings (SSSR count). The molecule has 70 valence electrons. The average molecular weight is 187 g/mol. The first-order valence-electron chi connectivity index (χ1n) is 4.61. The third kappa shape index (κ3) is 0.858. The van der Waals surface area contributed by atoms with E-state index in [2.05, 4.69) is 10.4 Å². The van der Waals surface area contributed by atoms with Crippen LogP contribution in [0.1, 0.15) is 22.5 Å². The van der Waals surface area contributed by atoms with Gasteiger partial charge in [-0.1, -0.05) is 6.08 Å². The van der Waals surface area contributed by atoms with Gasteiger partial charge in [0.25, 0.3) is 5.91 Å². The molecule has 0 bridgehead atoms. The van der Waals surface area contributed by atoms with E-state index < -0.39 is 0 Å². The maximum Gasteiger partial charge on any atom is 0.274 e. The topological polar surface area (TPSA) is 45.2 Å². The molecule has 0 spiro atoms. The second-order valence-electron chi connectivity index (χ2n) is 3.33. The molecular formula is C10H9N3O. The number of rotatable bonds is 0. The molecule has 4 nitrogen and oxygen atoms in total. The predicted molar refractivity (Wildman–Crippen MR) is 51.0 cm³/mol. The molecule has 4 heteroatoms. The Morgan fingerprint density at radius 3 is 3.36 bits per heavy atom. The number of hydrazine groups is 1. The molecule has 14 heavy (non-hydrogen) atoms. The highest BCUT2D eigenvalue weighted by Crippen LogP contribution is 2.30. The van der Waals surface area contributed by atoms with E-state index in [9.17, 15) is 4.79 Å². The Balaban J connectivity index is 2.23. The van der Waals surface area contributed by atoms with Crippen LogP contribution in [0.3, 0.4) is 0 Å². The number of aromatic nitrogens is 1. The summed E-state index contributed by atoms with van der Waals surface area (Å²) in [6.45, 7) is 0.809. The van der Waals surface area contributed by atoms with Gasteiger partial charge in [-0.25, -0.2) is 10.4 Å². The number of carbonyl (C=O) groups is 1. The summed E-state index contributed by atoms with van der Waals surface area (Å²) < 4.78 is 0. The number of pyridine rings is 1. The van der Waals surface area contributed by atoms with E-state index in [1.807, 2.05) is 12.1 Å². The highest BCUT2D eigenvalue weighted by atomic mass is 16.2.